The standard InChI is InChI=1S/C18H26N2OS/c1-2-3-4-5-9-12-17(21)20-18-15(13-19)14-10-7-6-8-11-16(14)22-18/h2-12H2,1H3,(H,20,21). The maximum absolute atomic E-state index is 12.1. The largest absolute Gasteiger partial charge is 0.317 e. The normalized spacial score (nSPS) is 14.0. The number of nitriles is 1. The number of fused-ring (bicyclic) bond motifs is 1. The van der Waals surface area contributed by atoms with Crippen molar-refractivity contribution < 1.29 is 4.79 Å². The van der Waals surface area contributed by atoms with Crippen LogP contribution in [0.4, 0.5) is 5.00 Å². The van der Waals surface area contributed by atoms with Gasteiger partial charge >= 0.3 is 0 Å². The molecule has 0 radical (unpaired) electrons. The second kappa shape index (κ2) is 8.95. The molecule has 2 rings (SSSR count). The van der Waals surface area contributed by atoms with E-state index in [2.05, 4.69) is 18.3 Å². The minimum atomic E-state index is 0.0596. The number of nitrogens with zero attached hydrogens (tertiary/aromatic N) is 1. The van der Waals surface area contributed by atoms with E-state index in [4.69, 9.17) is 0 Å². The smallest absolute Gasteiger partial charge is 0.225 e. The molecule has 1 amide bonds. The van der Waals surface area contributed by atoms with Crippen molar-refractivity contribution in [2.24, 2.45) is 0 Å². The molecular formula is C18H26N2OS. The fourth-order valence-corrected chi connectivity index (χ4v) is 4.28. The Labute approximate surface area is 137 Å². The summed E-state index contributed by atoms with van der Waals surface area (Å²) in [5, 5.41) is 13.2. The molecule has 120 valence electrons. The second-order valence-electron chi connectivity index (χ2n) is 6.09. The number of nitrogens with one attached hydrogen (secondary N) is 1. The van der Waals surface area contributed by atoms with E-state index in [-0.39, 0.29) is 5.91 Å². The number of unbranched alkanes of at least 4 members (excludes halogenated alkanes) is 4. The number of rotatable bonds is 7. The topological polar surface area (TPSA) is 52.9 Å². The van der Waals surface area contributed by atoms with Gasteiger partial charge in [0.2, 0.25) is 5.91 Å². The summed E-state index contributed by atoms with van der Waals surface area (Å²) in [5.41, 5.74) is 1.92. The van der Waals surface area contributed by atoms with E-state index in [1.165, 1.54) is 42.5 Å². The van der Waals surface area contributed by atoms with Crippen LogP contribution >= 0.6 is 11.3 Å². The van der Waals surface area contributed by atoms with Gasteiger partial charge < -0.3 is 5.32 Å². The molecule has 0 aromatic carbocycles. The van der Waals surface area contributed by atoms with Gasteiger partial charge in [-0.2, -0.15) is 5.26 Å². The first-order chi connectivity index (χ1) is 10.8. The van der Waals surface area contributed by atoms with Gasteiger partial charge in [-0.25, -0.2) is 0 Å². The van der Waals surface area contributed by atoms with Gasteiger partial charge in [0.25, 0.3) is 0 Å². The van der Waals surface area contributed by atoms with Crippen LogP contribution in [0.2, 0.25) is 0 Å². The van der Waals surface area contributed by atoms with E-state index >= 15 is 0 Å². The van der Waals surface area contributed by atoms with Crippen LogP contribution < -0.4 is 5.32 Å². The van der Waals surface area contributed by atoms with E-state index in [9.17, 15) is 10.1 Å². The van der Waals surface area contributed by atoms with Crippen LogP contribution in [0.1, 0.15) is 80.7 Å². The zero-order valence-corrected chi connectivity index (χ0v) is 14.4. The fourth-order valence-electron chi connectivity index (χ4n) is 3.03. The summed E-state index contributed by atoms with van der Waals surface area (Å²) < 4.78 is 0. The Kier molecular flexibility index (Phi) is 6.92. The van der Waals surface area contributed by atoms with E-state index in [0.29, 0.717) is 6.42 Å². The Morgan fingerprint density at radius 2 is 1.95 bits per heavy atom. The third kappa shape index (κ3) is 4.58. The summed E-state index contributed by atoms with van der Waals surface area (Å²) in [7, 11) is 0. The molecule has 1 aliphatic carbocycles. The third-order valence-electron chi connectivity index (χ3n) is 4.29. The molecule has 22 heavy (non-hydrogen) atoms. The van der Waals surface area contributed by atoms with Gasteiger partial charge in [-0.3, -0.25) is 4.79 Å². The van der Waals surface area contributed by atoms with Gasteiger partial charge in [-0.15, -0.1) is 11.3 Å². The van der Waals surface area contributed by atoms with Crippen molar-refractivity contribution in [2.45, 2.75) is 77.6 Å². The summed E-state index contributed by atoms with van der Waals surface area (Å²) >= 11 is 1.62. The molecule has 0 fully saturated rings. The van der Waals surface area contributed by atoms with Crippen molar-refractivity contribution in [1.29, 1.82) is 5.26 Å². The molecule has 1 heterocycles. The number of thiophene rings is 1. The molecule has 4 heteroatoms. The first-order valence-electron chi connectivity index (χ1n) is 8.60. The van der Waals surface area contributed by atoms with E-state index < -0.39 is 0 Å². The summed E-state index contributed by atoms with van der Waals surface area (Å²) in [6, 6.07) is 2.32. The van der Waals surface area contributed by atoms with Gasteiger partial charge in [0.05, 0.1) is 5.56 Å². The summed E-state index contributed by atoms with van der Waals surface area (Å²) in [5.74, 6) is 0.0596. The fraction of sp³-hybridized carbons (Fsp3) is 0.667. The Morgan fingerprint density at radius 1 is 1.18 bits per heavy atom. The maximum atomic E-state index is 12.1. The molecule has 0 atom stereocenters. The molecular weight excluding hydrogens is 292 g/mol. The molecule has 0 saturated carbocycles. The van der Waals surface area contributed by atoms with Crippen LogP contribution in [0, 0.1) is 11.3 Å². The van der Waals surface area contributed by atoms with E-state index in [0.717, 1.165) is 42.7 Å². The predicted molar refractivity (Wildman–Crippen MR) is 92.3 cm³/mol. The van der Waals surface area contributed by atoms with Crippen LogP contribution in [0.3, 0.4) is 0 Å². The number of hydrogen-bond donors (Lipinski definition) is 1. The van der Waals surface area contributed by atoms with Crippen LogP contribution in [-0.4, -0.2) is 5.91 Å². The lowest BCUT2D eigenvalue weighted by molar-refractivity contribution is -0.116. The lowest BCUT2D eigenvalue weighted by Crippen LogP contribution is -2.11. The first-order valence-corrected chi connectivity index (χ1v) is 9.42. The van der Waals surface area contributed by atoms with Gasteiger partial charge in [-0.1, -0.05) is 39.0 Å². The van der Waals surface area contributed by atoms with Crippen molar-refractivity contribution in [3.05, 3.63) is 16.0 Å². The molecule has 0 unspecified atom stereocenters. The average molecular weight is 318 g/mol. The third-order valence-corrected chi connectivity index (χ3v) is 5.50. The number of hydrogen-bond acceptors (Lipinski definition) is 3. The van der Waals surface area contributed by atoms with Crippen LogP contribution in [0.15, 0.2) is 0 Å². The van der Waals surface area contributed by atoms with Gasteiger partial charge in [-0.05, 0) is 37.7 Å². The van der Waals surface area contributed by atoms with Crippen molar-refractivity contribution in [3.8, 4) is 6.07 Å². The van der Waals surface area contributed by atoms with Gasteiger partial charge in [0, 0.05) is 11.3 Å². The SMILES string of the molecule is CCCCCCCC(=O)Nc1sc2c(c1C#N)CCCCC2. The number of carbonyl (C=O) groups excluding carboxylic acids is 1. The van der Waals surface area contributed by atoms with E-state index in [1.807, 2.05) is 0 Å². The predicted octanol–water partition coefficient (Wildman–Crippen LogP) is 5.19. The van der Waals surface area contributed by atoms with E-state index in [1.54, 1.807) is 11.3 Å². The van der Waals surface area contributed by atoms with Crippen molar-refractivity contribution in [3.63, 3.8) is 0 Å². The summed E-state index contributed by atoms with van der Waals surface area (Å²) in [6.45, 7) is 2.19. The van der Waals surface area contributed by atoms with Crippen LogP contribution in [-0.2, 0) is 17.6 Å². The maximum Gasteiger partial charge on any atom is 0.225 e. The molecule has 0 aliphatic heterocycles. The van der Waals surface area contributed by atoms with Crippen LogP contribution in [0.5, 0.6) is 0 Å². The Balaban J connectivity index is 1.92. The first kappa shape index (κ1) is 17.0. The molecule has 1 N–H and O–H groups in total. The lowest BCUT2D eigenvalue weighted by Gasteiger charge is -2.04. The molecule has 0 saturated heterocycles. The highest BCUT2D eigenvalue weighted by Crippen LogP contribution is 2.37. The number of aryl methyl sites for hydroxylation is 1. The molecule has 3 nitrogen and oxygen atoms in total. The Bertz CT molecular complexity index is 542. The molecule has 0 spiro atoms. The molecule has 0 bridgehead atoms. The molecule has 1 aromatic heterocycles. The molecule has 1 aromatic rings. The highest BCUT2D eigenvalue weighted by molar-refractivity contribution is 7.16. The lowest BCUT2D eigenvalue weighted by atomic mass is 10.1. The van der Waals surface area contributed by atoms with Gasteiger partial charge in [0.15, 0.2) is 0 Å². The van der Waals surface area contributed by atoms with Crippen molar-refractivity contribution in [1.82, 2.24) is 0 Å². The Morgan fingerprint density at radius 3 is 2.73 bits per heavy atom. The van der Waals surface area contributed by atoms with Crippen molar-refractivity contribution in [2.75, 3.05) is 5.32 Å². The number of anilines is 1. The summed E-state index contributed by atoms with van der Waals surface area (Å²) in [4.78, 5) is 13.4. The highest BCUT2D eigenvalue weighted by Gasteiger charge is 2.20. The minimum absolute atomic E-state index is 0.0596. The zero-order chi connectivity index (χ0) is 15.8. The van der Waals surface area contributed by atoms with Crippen LogP contribution in [0.25, 0.3) is 0 Å². The Hall–Kier alpha value is -1.34. The number of amides is 1. The van der Waals surface area contributed by atoms with Crippen molar-refractivity contribution >= 4 is 22.2 Å². The molecule has 1 aliphatic rings. The monoisotopic (exact) mass is 318 g/mol. The number of carbonyl (C=O) groups is 1. The average Bonchev–Trinajstić information content (AvgIpc) is 2.68. The highest BCUT2D eigenvalue weighted by atomic mass is 32.1. The quantitative estimate of drug-likeness (QED) is 0.556. The van der Waals surface area contributed by atoms with Gasteiger partial charge in [0.1, 0.15) is 11.1 Å². The summed E-state index contributed by atoms with van der Waals surface area (Å²) in [6.07, 6.45) is 11.9. The minimum Gasteiger partial charge on any atom is -0.317 e. The zero-order valence-electron chi connectivity index (χ0n) is 13.5. The second-order valence-corrected chi connectivity index (χ2v) is 7.20.